The Labute approximate surface area is 129 Å². The summed E-state index contributed by atoms with van der Waals surface area (Å²) in [6.45, 7) is 5.64. The number of nitrogens with zero attached hydrogens (tertiary/aromatic N) is 3. The number of amides is 1. The van der Waals surface area contributed by atoms with Gasteiger partial charge in [0.05, 0.1) is 17.9 Å². The third-order valence-electron chi connectivity index (χ3n) is 4.96. The molecule has 0 unspecified atom stereocenters. The summed E-state index contributed by atoms with van der Waals surface area (Å²) in [7, 11) is 0. The molecule has 2 aromatic heterocycles. The second-order valence-corrected chi connectivity index (χ2v) is 6.50. The fraction of sp³-hybridized carbons (Fsp3) is 0.529. The Morgan fingerprint density at radius 2 is 2.27 bits per heavy atom. The van der Waals surface area contributed by atoms with Gasteiger partial charge in [-0.2, -0.15) is 0 Å². The normalized spacial score (nSPS) is 28.1. The topological polar surface area (TPSA) is 46.8 Å². The SMILES string of the molecule is Cc1c(C(=O)N2CC[C@@H]3O[C@@H](C)C[C@H]3C2)nc2ccccn12. The molecule has 2 aliphatic heterocycles. The summed E-state index contributed by atoms with van der Waals surface area (Å²) in [6, 6.07) is 5.83. The van der Waals surface area contributed by atoms with Crippen molar-refractivity contribution in [2.75, 3.05) is 13.1 Å². The lowest BCUT2D eigenvalue weighted by Gasteiger charge is -2.33. The van der Waals surface area contributed by atoms with E-state index in [0.29, 0.717) is 23.8 Å². The molecule has 0 saturated carbocycles. The van der Waals surface area contributed by atoms with E-state index in [-0.39, 0.29) is 5.91 Å². The van der Waals surface area contributed by atoms with Gasteiger partial charge >= 0.3 is 0 Å². The number of fused-ring (bicyclic) bond motifs is 2. The first-order valence-electron chi connectivity index (χ1n) is 8.02. The van der Waals surface area contributed by atoms with Crippen molar-refractivity contribution in [3.63, 3.8) is 0 Å². The van der Waals surface area contributed by atoms with E-state index in [2.05, 4.69) is 11.9 Å². The number of piperidine rings is 1. The van der Waals surface area contributed by atoms with Crippen molar-refractivity contribution in [1.82, 2.24) is 14.3 Å². The van der Waals surface area contributed by atoms with Crippen LogP contribution in [-0.4, -0.2) is 45.5 Å². The Hall–Kier alpha value is -1.88. The maximum atomic E-state index is 12.9. The third-order valence-corrected chi connectivity index (χ3v) is 4.96. The van der Waals surface area contributed by atoms with Gasteiger partial charge in [-0.1, -0.05) is 6.07 Å². The van der Waals surface area contributed by atoms with Gasteiger partial charge in [0.1, 0.15) is 11.3 Å². The van der Waals surface area contributed by atoms with Crippen molar-refractivity contribution in [2.24, 2.45) is 5.92 Å². The molecular weight excluding hydrogens is 278 g/mol. The smallest absolute Gasteiger partial charge is 0.274 e. The first kappa shape index (κ1) is 13.8. The molecule has 4 rings (SSSR count). The number of pyridine rings is 1. The highest BCUT2D eigenvalue weighted by Crippen LogP contribution is 2.33. The van der Waals surface area contributed by atoms with Crippen molar-refractivity contribution in [2.45, 2.75) is 38.9 Å². The van der Waals surface area contributed by atoms with Crippen molar-refractivity contribution in [1.29, 1.82) is 0 Å². The van der Waals surface area contributed by atoms with E-state index in [9.17, 15) is 4.79 Å². The van der Waals surface area contributed by atoms with Gasteiger partial charge < -0.3 is 14.0 Å². The van der Waals surface area contributed by atoms with Gasteiger partial charge in [-0.15, -0.1) is 0 Å². The molecule has 5 heteroatoms. The number of rotatable bonds is 1. The van der Waals surface area contributed by atoms with E-state index >= 15 is 0 Å². The highest BCUT2D eigenvalue weighted by molar-refractivity contribution is 5.94. The van der Waals surface area contributed by atoms with Gasteiger partial charge in [-0.05, 0) is 38.8 Å². The van der Waals surface area contributed by atoms with Gasteiger partial charge in [0, 0.05) is 25.2 Å². The average Bonchev–Trinajstić information content (AvgIpc) is 3.05. The number of likely N-dealkylation sites (tertiary alicyclic amines) is 1. The highest BCUT2D eigenvalue weighted by atomic mass is 16.5. The van der Waals surface area contributed by atoms with Gasteiger partial charge in [0.25, 0.3) is 5.91 Å². The predicted octanol–water partition coefficient (Wildman–Crippen LogP) is 2.28. The monoisotopic (exact) mass is 299 g/mol. The van der Waals surface area contributed by atoms with Crippen LogP contribution in [0.4, 0.5) is 0 Å². The largest absolute Gasteiger partial charge is 0.375 e. The molecule has 2 aliphatic rings. The van der Waals surface area contributed by atoms with Crippen LogP contribution in [0, 0.1) is 12.8 Å². The molecule has 0 bridgehead atoms. The molecular formula is C17H21N3O2. The van der Waals surface area contributed by atoms with Crippen LogP contribution >= 0.6 is 0 Å². The molecule has 2 aromatic rings. The summed E-state index contributed by atoms with van der Waals surface area (Å²) in [5.74, 6) is 0.532. The lowest BCUT2D eigenvalue weighted by Crippen LogP contribution is -2.44. The van der Waals surface area contributed by atoms with E-state index in [0.717, 1.165) is 37.3 Å². The maximum absolute atomic E-state index is 12.9. The van der Waals surface area contributed by atoms with E-state index < -0.39 is 0 Å². The number of ether oxygens (including phenoxy) is 1. The lowest BCUT2D eigenvalue weighted by atomic mass is 9.93. The van der Waals surface area contributed by atoms with Crippen LogP contribution in [0.2, 0.25) is 0 Å². The van der Waals surface area contributed by atoms with Crippen LogP contribution in [0.5, 0.6) is 0 Å². The summed E-state index contributed by atoms with van der Waals surface area (Å²) < 4.78 is 7.89. The zero-order chi connectivity index (χ0) is 15.3. The summed E-state index contributed by atoms with van der Waals surface area (Å²) in [5, 5.41) is 0. The minimum atomic E-state index is 0.0548. The Morgan fingerprint density at radius 1 is 1.41 bits per heavy atom. The van der Waals surface area contributed by atoms with E-state index in [1.807, 2.05) is 40.6 Å². The number of hydrogen-bond acceptors (Lipinski definition) is 3. The fourth-order valence-corrected chi connectivity index (χ4v) is 3.85. The number of hydrogen-bond donors (Lipinski definition) is 0. The van der Waals surface area contributed by atoms with Crippen molar-refractivity contribution >= 4 is 11.6 Å². The van der Waals surface area contributed by atoms with E-state index in [1.54, 1.807) is 0 Å². The molecule has 0 spiro atoms. The first-order valence-corrected chi connectivity index (χ1v) is 8.02. The number of aryl methyl sites for hydroxylation is 1. The molecule has 2 fully saturated rings. The molecule has 4 heterocycles. The molecule has 2 saturated heterocycles. The quantitative estimate of drug-likeness (QED) is 0.811. The van der Waals surface area contributed by atoms with Gasteiger partial charge in [0.15, 0.2) is 0 Å². The fourth-order valence-electron chi connectivity index (χ4n) is 3.85. The molecule has 0 aliphatic carbocycles. The highest BCUT2D eigenvalue weighted by Gasteiger charge is 2.39. The predicted molar refractivity (Wildman–Crippen MR) is 82.9 cm³/mol. The number of aromatic nitrogens is 2. The molecule has 5 nitrogen and oxygen atoms in total. The molecule has 1 amide bonds. The molecule has 116 valence electrons. The zero-order valence-electron chi connectivity index (χ0n) is 13.0. The minimum Gasteiger partial charge on any atom is -0.375 e. The number of carbonyl (C=O) groups is 1. The maximum Gasteiger partial charge on any atom is 0.274 e. The first-order chi connectivity index (χ1) is 10.6. The van der Waals surface area contributed by atoms with Crippen LogP contribution < -0.4 is 0 Å². The Bertz CT molecular complexity index is 724. The molecule has 22 heavy (non-hydrogen) atoms. The molecule has 0 aromatic carbocycles. The third kappa shape index (κ3) is 2.11. The Balaban J connectivity index is 1.60. The van der Waals surface area contributed by atoms with Crippen LogP contribution in [0.3, 0.4) is 0 Å². The van der Waals surface area contributed by atoms with E-state index in [1.165, 1.54) is 0 Å². The van der Waals surface area contributed by atoms with Crippen molar-refractivity contribution < 1.29 is 9.53 Å². The summed E-state index contributed by atoms with van der Waals surface area (Å²) in [4.78, 5) is 19.4. The number of carbonyl (C=O) groups excluding carboxylic acids is 1. The van der Waals surface area contributed by atoms with Crippen LogP contribution in [0.1, 0.15) is 35.9 Å². The van der Waals surface area contributed by atoms with Crippen LogP contribution in [0.15, 0.2) is 24.4 Å². The second-order valence-electron chi connectivity index (χ2n) is 6.50. The number of imidazole rings is 1. The summed E-state index contributed by atoms with van der Waals surface area (Å²) >= 11 is 0. The van der Waals surface area contributed by atoms with Crippen LogP contribution in [0.25, 0.3) is 5.65 Å². The van der Waals surface area contributed by atoms with Crippen molar-refractivity contribution in [3.05, 3.63) is 35.8 Å². The Morgan fingerprint density at radius 3 is 3.09 bits per heavy atom. The molecule has 0 radical (unpaired) electrons. The summed E-state index contributed by atoms with van der Waals surface area (Å²) in [5.41, 5.74) is 2.33. The average molecular weight is 299 g/mol. The van der Waals surface area contributed by atoms with Gasteiger partial charge in [-0.25, -0.2) is 4.98 Å². The zero-order valence-corrected chi connectivity index (χ0v) is 13.0. The standard InChI is InChI=1S/C17H21N3O2/c1-11-9-13-10-19(8-6-14(13)22-11)17(21)16-12(2)20-7-4-3-5-15(20)18-16/h3-5,7,11,13-14H,6,8-10H2,1-2H3/t11-,13-,14-/m0/s1. The molecule has 0 N–H and O–H groups in total. The Kier molecular flexibility index (Phi) is 3.18. The minimum absolute atomic E-state index is 0.0548. The summed E-state index contributed by atoms with van der Waals surface area (Å²) in [6.07, 6.45) is 4.60. The van der Waals surface area contributed by atoms with Gasteiger partial charge in [-0.3, -0.25) is 4.79 Å². The van der Waals surface area contributed by atoms with Gasteiger partial charge in [0.2, 0.25) is 0 Å². The van der Waals surface area contributed by atoms with Crippen LogP contribution in [-0.2, 0) is 4.74 Å². The molecule has 3 atom stereocenters. The lowest BCUT2D eigenvalue weighted by molar-refractivity contribution is 0.00849. The van der Waals surface area contributed by atoms with E-state index in [4.69, 9.17) is 4.74 Å². The second kappa shape index (κ2) is 5.09. The van der Waals surface area contributed by atoms with Crippen molar-refractivity contribution in [3.8, 4) is 0 Å².